The van der Waals surface area contributed by atoms with Crippen molar-refractivity contribution in [3.8, 4) is 11.5 Å². The topological polar surface area (TPSA) is 85.5 Å². The van der Waals surface area contributed by atoms with E-state index >= 15 is 0 Å². The average molecular weight is 361 g/mol. The molecule has 5 rings (SSSR count). The molecule has 2 aliphatic rings. The van der Waals surface area contributed by atoms with Gasteiger partial charge in [0.1, 0.15) is 25.2 Å². The van der Waals surface area contributed by atoms with Crippen molar-refractivity contribution in [1.29, 1.82) is 0 Å². The molecule has 7 nitrogen and oxygen atoms in total. The summed E-state index contributed by atoms with van der Waals surface area (Å²) in [7, 11) is 0. The Labute approximate surface area is 156 Å². The summed E-state index contributed by atoms with van der Waals surface area (Å²) in [5.41, 5.74) is 10.2. The number of nitrogens with zero attached hydrogens (tertiary/aromatic N) is 3. The molecule has 1 aromatic heterocycles. The molecule has 0 bridgehead atoms. The van der Waals surface area contributed by atoms with Gasteiger partial charge in [0.2, 0.25) is 0 Å². The van der Waals surface area contributed by atoms with Gasteiger partial charge in [-0.15, -0.1) is 0 Å². The number of ether oxygens (including phenoxy) is 2. The maximum atomic E-state index is 6.42. The molecule has 0 spiro atoms. The summed E-state index contributed by atoms with van der Waals surface area (Å²) in [5.74, 6) is 2.75. The van der Waals surface area contributed by atoms with Crippen LogP contribution in [-0.4, -0.2) is 29.7 Å². The zero-order valence-corrected chi connectivity index (χ0v) is 14.7. The van der Waals surface area contributed by atoms with E-state index in [9.17, 15) is 0 Å². The SMILES string of the molecule is Nc1c(Nc2ccc3c(c2)OCCO3)ncnc1N1CCc2ccccc21. The lowest BCUT2D eigenvalue weighted by atomic mass is 10.2. The number of nitrogen functional groups attached to an aromatic ring is 1. The number of nitrogens with one attached hydrogen (secondary N) is 1. The molecular formula is C20H19N5O2. The molecular weight excluding hydrogens is 342 g/mol. The quantitative estimate of drug-likeness (QED) is 0.740. The highest BCUT2D eigenvalue weighted by Crippen LogP contribution is 2.39. The van der Waals surface area contributed by atoms with Gasteiger partial charge < -0.3 is 25.4 Å². The van der Waals surface area contributed by atoms with Gasteiger partial charge in [0, 0.05) is 24.0 Å². The molecule has 2 aliphatic heterocycles. The van der Waals surface area contributed by atoms with E-state index in [0.717, 1.165) is 35.9 Å². The van der Waals surface area contributed by atoms with Crippen LogP contribution in [0.1, 0.15) is 5.56 Å². The minimum Gasteiger partial charge on any atom is -0.486 e. The highest BCUT2D eigenvalue weighted by molar-refractivity contribution is 5.83. The second-order valence-electron chi connectivity index (χ2n) is 6.47. The van der Waals surface area contributed by atoms with Gasteiger partial charge in [-0.05, 0) is 30.2 Å². The normalized spacial score (nSPS) is 14.7. The predicted octanol–water partition coefficient (Wildman–Crippen LogP) is 3.27. The van der Waals surface area contributed by atoms with Crippen molar-refractivity contribution in [1.82, 2.24) is 9.97 Å². The zero-order chi connectivity index (χ0) is 18.2. The predicted molar refractivity (Wildman–Crippen MR) is 104 cm³/mol. The third kappa shape index (κ3) is 2.77. The molecule has 0 fully saturated rings. The molecule has 2 aromatic carbocycles. The molecule has 0 aliphatic carbocycles. The maximum absolute atomic E-state index is 6.42. The lowest BCUT2D eigenvalue weighted by Crippen LogP contribution is -2.18. The second-order valence-corrected chi connectivity index (χ2v) is 6.47. The van der Waals surface area contributed by atoms with E-state index in [1.165, 1.54) is 11.9 Å². The van der Waals surface area contributed by atoms with Gasteiger partial charge in [0.05, 0.1) is 0 Å². The number of rotatable bonds is 3. The van der Waals surface area contributed by atoms with Crippen LogP contribution in [0.4, 0.5) is 28.7 Å². The summed E-state index contributed by atoms with van der Waals surface area (Å²) in [6.45, 7) is 1.97. The third-order valence-electron chi connectivity index (χ3n) is 4.81. The maximum Gasteiger partial charge on any atom is 0.163 e. The first-order valence-corrected chi connectivity index (χ1v) is 8.92. The number of para-hydroxylation sites is 1. The summed E-state index contributed by atoms with van der Waals surface area (Å²) >= 11 is 0. The second kappa shape index (κ2) is 6.35. The first-order chi connectivity index (χ1) is 13.3. The highest BCUT2D eigenvalue weighted by Gasteiger charge is 2.24. The summed E-state index contributed by atoms with van der Waals surface area (Å²) < 4.78 is 11.2. The van der Waals surface area contributed by atoms with Crippen LogP contribution in [0.5, 0.6) is 11.5 Å². The van der Waals surface area contributed by atoms with Crippen LogP contribution in [0, 0.1) is 0 Å². The Hall–Kier alpha value is -3.48. The van der Waals surface area contributed by atoms with Crippen molar-refractivity contribution in [2.24, 2.45) is 0 Å². The van der Waals surface area contributed by atoms with E-state index in [1.54, 1.807) is 0 Å². The Morgan fingerprint density at radius 2 is 1.85 bits per heavy atom. The summed E-state index contributed by atoms with van der Waals surface area (Å²) in [5, 5.41) is 3.27. The number of hydrogen-bond donors (Lipinski definition) is 2. The lowest BCUT2D eigenvalue weighted by molar-refractivity contribution is 0.171. The fourth-order valence-corrected chi connectivity index (χ4v) is 3.52. The van der Waals surface area contributed by atoms with Gasteiger partial charge in [-0.3, -0.25) is 0 Å². The summed E-state index contributed by atoms with van der Waals surface area (Å²) in [6.07, 6.45) is 2.51. The Morgan fingerprint density at radius 3 is 2.78 bits per heavy atom. The molecule has 0 saturated carbocycles. The summed E-state index contributed by atoms with van der Waals surface area (Å²) in [4.78, 5) is 10.9. The summed E-state index contributed by atoms with van der Waals surface area (Å²) in [6, 6.07) is 14.0. The lowest BCUT2D eigenvalue weighted by Gasteiger charge is -2.22. The van der Waals surface area contributed by atoms with Crippen LogP contribution in [0.3, 0.4) is 0 Å². The molecule has 0 atom stereocenters. The van der Waals surface area contributed by atoms with E-state index in [0.29, 0.717) is 30.5 Å². The molecule has 3 N–H and O–H groups in total. The first-order valence-electron chi connectivity index (χ1n) is 8.92. The van der Waals surface area contributed by atoms with Gasteiger partial charge in [-0.25, -0.2) is 9.97 Å². The number of anilines is 5. The average Bonchev–Trinajstić information content (AvgIpc) is 3.13. The van der Waals surface area contributed by atoms with Crippen molar-refractivity contribution < 1.29 is 9.47 Å². The number of fused-ring (bicyclic) bond motifs is 2. The van der Waals surface area contributed by atoms with Gasteiger partial charge in [0.15, 0.2) is 23.1 Å². The standard InChI is InChI=1S/C20H19N5O2/c21-18-19(24-14-5-6-16-17(11-14)27-10-9-26-16)22-12-23-20(18)25-8-7-13-3-1-2-4-15(13)25/h1-6,11-12H,7-10,21H2,(H,22,23,24). The van der Waals surface area contributed by atoms with Crippen LogP contribution in [0.2, 0.25) is 0 Å². The Balaban J connectivity index is 1.46. The molecule has 3 aromatic rings. The van der Waals surface area contributed by atoms with Gasteiger partial charge in [-0.2, -0.15) is 0 Å². The number of aromatic nitrogens is 2. The third-order valence-corrected chi connectivity index (χ3v) is 4.81. The van der Waals surface area contributed by atoms with Gasteiger partial charge >= 0.3 is 0 Å². The van der Waals surface area contributed by atoms with Crippen LogP contribution in [-0.2, 0) is 6.42 Å². The van der Waals surface area contributed by atoms with Gasteiger partial charge in [-0.1, -0.05) is 18.2 Å². The number of hydrogen-bond acceptors (Lipinski definition) is 7. The first kappa shape index (κ1) is 15.7. The van der Waals surface area contributed by atoms with E-state index in [1.807, 2.05) is 24.3 Å². The minimum absolute atomic E-state index is 0.518. The molecule has 27 heavy (non-hydrogen) atoms. The van der Waals surface area contributed by atoms with Crippen LogP contribution in [0.25, 0.3) is 0 Å². The molecule has 7 heteroatoms. The van der Waals surface area contributed by atoms with Crippen LogP contribution >= 0.6 is 0 Å². The number of benzene rings is 2. The van der Waals surface area contributed by atoms with Crippen LogP contribution < -0.4 is 25.4 Å². The molecule has 0 saturated heterocycles. The Bertz CT molecular complexity index is 1010. The fourth-order valence-electron chi connectivity index (χ4n) is 3.52. The molecule has 0 unspecified atom stereocenters. The largest absolute Gasteiger partial charge is 0.486 e. The molecule has 3 heterocycles. The van der Waals surface area contributed by atoms with E-state index in [2.05, 4.69) is 38.4 Å². The minimum atomic E-state index is 0.518. The van der Waals surface area contributed by atoms with Crippen molar-refractivity contribution in [3.05, 3.63) is 54.4 Å². The van der Waals surface area contributed by atoms with Gasteiger partial charge in [0.25, 0.3) is 0 Å². The van der Waals surface area contributed by atoms with Crippen molar-refractivity contribution in [3.63, 3.8) is 0 Å². The Kier molecular flexibility index (Phi) is 3.71. The van der Waals surface area contributed by atoms with Crippen LogP contribution in [0.15, 0.2) is 48.8 Å². The van der Waals surface area contributed by atoms with Crippen molar-refractivity contribution in [2.75, 3.05) is 35.7 Å². The molecule has 136 valence electrons. The van der Waals surface area contributed by atoms with E-state index < -0.39 is 0 Å². The van der Waals surface area contributed by atoms with E-state index in [-0.39, 0.29) is 0 Å². The molecule has 0 amide bonds. The molecule has 0 radical (unpaired) electrons. The monoisotopic (exact) mass is 361 g/mol. The highest BCUT2D eigenvalue weighted by atomic mass is 16.6. The fraction of sp³-hybridized carbons (Fsp3) is 0.200. The number of nitrogens with two attached hydrogens (primary N) is 1. The van der Waals surface area contributed by atoms with Crippen molar-refractivity contribution in [2.45, 2.75) is 6.42 Å². The Morgan fingerprint density at radius 1 is 1.00 bits per heavy atom. The zero-order valence-electron chi connectivity index (χ0n) is 14.7. The van der Waals surface area contributed by atoms with E-state index in [4.69, 9.17) is 15.2 Å². The smallest absolute Gasteiger partial charge is 0.163 e. The van der Waals surface area contributed by atoms with Crippen molar-refractivity contribution >= 4 is 28.7 Å².